The maximum Gasteiger partial charge on any atom is 0.472 e. The molecule has 3 N–H and O–H groups in total. The Morgan fingerprint density at radius 3 is 1.61 bits per heavy atom. The first-order chi connectivity index (χ1) is 26.0. The number of nitrogens with one attached hydrogen (secondary N) is 1. The van der Waals surface area contributed by atoms with Gasteiger partial charge in [0.25, 0.3) is 0 Å². The fraction of sp³-hybridized carbons (Fsp3) is 0.844. The lowest BCUT2D eigenvalue weighted by Crippen LogP contribution is -2.46. The SMILES string of the molecule is CC/C=C\C/C=C\C/C=C\CCCCCC(=O)NC(COP(=O)(O)OCC[N+](C)(C)C)C(O)CCCCCCCCCCCCCCCCCCCCC. The Hall–Kier alpha value is -1.28. The normalized spacial score (nSPS) is 14.7. The summed E-state index contributed by atoms with van der Waals surface area (Å²) >= 11 is 0. The third-order valence-corrected chi connectivity index (χ3v) is 10.9. The van der Waals surface area contributed by atoms with E-state index in [1.807, 2.05) is 21.1 Å². The van der Waals surface area contributed by atoms with E-state index in [2.05, 4.69) is 55.6 Å². The number of allylic oxidation sites excluding steroid dienone is 6. The number of aliphatic hydroxyl groups excluding tert-OH is 1. The molecule has 0 aromatic heterocycles. The largest absolute Gasteiger partial charge is 0.472 e. The van der Waals surface area contributed by atoms with Crippen LogP contribution in [0.1, 0.15) is 194 Å². The van der Waals surface area contributed by atoms with Crippen molar-refractivity contribution in [1.82, 2.24) is 5.32 Å². The standard InChI is InChI=1S/C45H87N2O6P/c1-6-8-10-12-14-16-18-20-21-22-23-24-25-27-28-30-32-34-36-38-44(48)43(42-53-54(50,51)52-41-40-47(3,4)5)46-45(49)39-37-35-33-31-29-26-19-17-15-13-11-9-7-2/h9,11,15,17,26,29,43-44,48H,6-8,10,12-14,16,18-25,27-28,30-42H2,1-5H3,(H-,46,49,50,51)/p+1/b11-9-,17-15-,29-26-. The summed E-state index contributed by atoms with van der Waals surface area (Å²) in [7, 11) is 1.59. The molecule has 8 nitrogen and oxygen atoms in total. The number of likely N-dealkylation sites (N-methyl/N-ethyl adjacent to an activating group) is 1. The fourth-order valence-corrected chi connectivity index (χ4v) is 7.09. The predicted molar refractivity (Wildman–Crippen MR) is 231 cm³/mol. The first kappa shape index (κ1) is 52.7. The number of quaternary nitrogens is 1. The van der Waals surface area contributed by atoms with E-state index < -0.39 is 20.0 Å². The first-order valence-electron chi connectivity index (χ1n) is 22.4. The molecule has 0 aliphatic heterocycles. The third-order valence-electron chi connectivity index (χ3n) is 9.90. The highest BCUT2D eigenvalue weighted by atomic mass is 31.2. The van der Waals surface area contributed by atoms with Gasteiger partial charge in [0.2, 0.25) is 5.91 Å². The molecule has 318 valence electrons. The van der Waals surface area contributed by atoms with Crippen LogP contribution in [0.2, 0.25) is 0 Å². The molecule has 0 radical (unpaired) electrons. The maximum atomic E-state index is 12.8. The predicted octanol–water partition coefficient (Wildman–Crippen LogP) is 12.3. The van der Waals surface area contributed by atoms with E-state index in [1.165, 1.54) is 103 Å². The molecule has 0 aromatic rings. The van der Waals surface area contributed by atoms with Crippen molar-refractivity contribution in [3.05, 3.63) is 36.5 Å². The van der Waals surface area contributed by atoms with Crippen LogP contribution in [0.15, 0.2) is 36.5 Å². The zero-order valence-electron chi connectivity index (χ0n) is 36.0. The monoisotopic (exact) mass is 784 g/mol. The molecule has 0 heterocycles. The molecule has 0 rings (SSSR count). The minimum Gasteiger partial charge on any atom is -0.391 e. The Labute approximate surface area is 334 Å². The molecule has 9 heteroatoms. The van der Waals surface area contributed by atoms with Crippen LogP contribution in [0.5, 0.6) is 0 Å². The lowest BCUT2D eigenvalue weighted by atomic mass is 10.0. The molecular formula is C45H88N2O6P+. The van der Waals surface area contributed by atoms with Gasteiger partial charge in [-0.25, -0.2) is 4.57 Å². The number of carbonyl (C=O) groups is 1. The molecule has 0 saturated heterocycles. The van der Waals surface area contributed by atoms with Crippen molar-refractivity contribution in [2.24, 2.45) is 0 Å². The van der Waals surface area contributed by atoms with Crippen LogP contribution in [-0.2, 0) is 18.4 Å². The summed E-state index contributed by atoms with van der Waals surface area (Å²) in [6, 6.07) is -0.774. The highest BCUT2D eigenvalue weighted by molar-refractivity contribution is 7.47. The summed E-state index contributed by atoms with van der Waals surface area (Å²) in [4.78, 5) is 23.1. The molecule has 1 amide bonds. The van der Waals surface area contributed by atoms with Crippen LogP contribution >= 0.6 is 7.82 Å². The van der Waals surface area contributed by atoms with E-state index in [0.29, 0.717) is 23.9 Å². The van der Waals surface area contributed by atoms with Crippen LogP contribution < -0.4 is 5.32 Å². The molecule has 0 aromatic carbocycles. The lowest BCUT2D eigenvalue weighted by molar-refractivity contribution is -0.870. The molecule has 0 aliphatic carbocycles. The Morgan fingerprint density at radius 2 is 1.11 bits per heavy atom. The van der Waals surface area contributed by atoms with Crippen molar-refractivity contribution in [2.45, 2.75) is 206 Å². The number of nitrogens with zero attached hydrogens (tertiary/aromatic N) is 1. The van der Waals surface area contributed by atoms with Gasteiger partial charge in [-0.15, -0.1) is 0 Å². The molecule has 0 saturated carbocycles. The third kappa shape index (κ3) is 39.0. The smallest absolute Gasteiger partial charge is 0.391 e. The Bertz CT molecular complexity index is 980. The van der Waals surface area contributed by atoms with Gasteiger partial charge in [-0.05, 0) is 44.9 Å². The summed E-state index contributed by atoms with van der Waals surface area (Å²) in [6.45, 7) is 4.75. The van der Waals surface area contributed by atoms with Crippen molar-refractivity contribution in [3.63, 3.8) is 0 Å². The number of amides is 1. The number of hydrogen-bond donors (Lipinski definition) is 3. The number of phosphoric acid groups is 1. The number of aliphatic hydroxyl groups is 1. The fourth-order valence-electron chi connectivity index (χ4n) is 6.35. The van der Waals surface area contributed by atoms with Crippen molar-refractivity contribution in [3.8, 4) is 0 Å². The Morgan fingerprint density at radius 1 is 0.648 bits per heavy atom. The average molecular weight is 784 g/mol. The zero-order chi connectivity index (χ0) is 40.0. The van der Waals surface area contributed by atoms with Crippen molar-refractivity contribution < 1.29 is 32.9 Å². The first-order valence-corrected chi connectivity index (χ1v) is 23.8. The molecule has 54 heavy (non-hydrogen) atoms. The lowest BCUT2D eigenvalue weighted by Gasteiger charge is -2.26. The highest BCUT2D eigenvalue weighted by Crippen LogP contribution is 2.43. The Balaban J connectivity index is 4.36. The Kier molecular flexibility index (Phi) is 36.4. The molecule has 0 bridgehead atoms. The highest BCUT2D eigenvalue weighted by Gasteiger charge is 2.28. The number of rotatable bonds is 40. The summed E-state index contributed by atoms with van der Waals surface area (Å²) in [5.41, 5.74) is 0. The molecule has 3 unspecified atom stereocenters. The summed E-state index contributed by atoms with van der Waals surface area (Å²) in [6.07, 6.45) is 44.6. The van der Waals surface area contributed by atoms with Gasteiger partial charge in [-0.2, -0.15) is 0 Å². The maximum absolute atomic E-state index is 12.8. The van der Waals surface area contributed by atoms with Crippen LogP contribution in [-0.4, -0.2) is 73.4 Å². The van der Waals surface area contributed by atoms with E-state index in [0.717, 1.165) is 64.2 Å². The van der Waals surface area contributed by atoms with E-state index in [-0.39, 0.29) is 19.1 Å². The van der Waals surface area contributed by atoms with E-state index in [1.54, 1.807) is 0 Å². The van der Waals surface area contributed by atoms with Gasteiger partial charge < -0.3 is 19.8 Å². The van der Waals surface area contributed by atoms with Gasteiger partial charge in [-0.3, -0.25) is 13.8 Å². The molecule has 0 aliphatic rings. The van der Waals surface area contributed by atoms with Gasteiger partial charge in [0.1, 0.15) is 13.2 Å². The second-order valence-electron chi connectivity index (χ2n) is 16.4. The van der Waals surface area contributed by atoms with E-state index in [4.69, 9.17) is 9.05 Å². The summed E-state index contributed by atoms with van der Waals surface area (Å²) in [5.74, 6) is -0.174. The zero-order valence-corrected chi connectivity index (χ0v) is 36.9. The number of carbonyl (C=O) groups excluding carboxylic acids is 1. The van der Waals surface area contributed by atoms with Crippen LogP contribution in [0, 0.1) is 0 Å². The van der Waals surface area contributed by atoms with Gasteiger partial charge in [0.15, 0.2) is 0 Å². The van der Waals surface area contributed by atoms with Gasteiger partial charge in [0, 0.05) is 6.42 Å². The average Bonchev–Trinajstić information content (AvgIpc) is 3.12. The molecule has 3 atom stereocenters. The van der Waals surface area contributed by atoms with E-state index >= 15 is 0 Å². The van der Waals surface area contributed by atoms with Crippen molar-refractivity contribution in [1.29, 1.82) is 0 Å². The number of unbranched alkanes of at least 4 members (excludes halogenated alkanes) is 21. The second kappa shape index (κ2) is 37.3. The van der Waals surface area contributed by atoms with Crippen molar-refractivity contribution in [2.75, 3.05) is 40.9 Å². The molecule has 0 fully saturated rings. The molecule has 0 spiro atoms. The van der Waals surface area contributed by atoms with Crippen LogP contribution in [0.25, 0.3) is 0 Å². The van der Waals surface area contributed by atoms with Crippen molar-refractivity contribution >= 4 is 13.7 Å². The second-order valence-corrected chi connectivity index (χ2v) is 17.9. The van der Waals surface area contributed by atoms with Crippen LogP contribution in [0.3, 0.4) is 0 Å². The minimum absolute atomic E-state index is 0.0682. The van der Waals surface area contributed by atoms with Gasteiger partial charge in [-0.1, -0.05) is 179 Å². The van der Waals surface area contributed by atoms with Gasteiger partial charge >= 0.3 is 7.82 Å². The van der Waals surface area contributed by atoms with Crippen LogP contribution in [0.4, 0.5) is 0 Å². The van der Waals surface area contributed by atoms with E-state index in [9.17, 15) is 19.4 Å². The summed E-state index contributed by atoms with van der Waals surface area (Å²) in [5, 5.41) is 13.9. The quantitative estimate of drug-likeness (QED) is 0.0247. The van der Waals surface area contributed by atoms with Gasteiger partial charge in [0.05, 0.1) is 39.9 Å². The topological polar surface area (TPSA) is 105 Å². The molecular weight excluding hydrogens is 695 g/mol. The minimum atomic E-state index is -4.32. The number of phosphoric ester groups is 1. The summed E-state index contributed by atoms with van der Waals surface area (Å²) < 4.78 is 23.6. The number of hydrogen-bond acceptors (Lipinski definition) is 5.